The van der Waals surface area contributed by atoms with Crippen LogP contribution < -0.4 is 0 Å². The summed E-state index contributed by atoms with van der Waals surface area (Å²) in [5, 5.41) is 8.70. The predicted molar refractivity (Wildman–Crippen MR) is 85.3 cm³/mol. The fraction of sp³-hybridized carbons (Fsp3) is 0.533. The molecule has 0 aliphatic carbocycles. The average Bonchev–Trinajstić information content (AvgIpc) is 2.86. The van der Waals surface area contributed by atoms with Crippen LogP contribution in [-0.4, -0.2) is 46.1 Å². The molecule has 0 aromatic carbocycles. The van der Waals surface area contributed by atoms with E-state index in [0.29, 0.717) is 6.42 Å². The molecule has 0 saturated carbocycles. The number of hydrogen-bond acceptors (Lipinski definition) is 4. The lowest BCUT2D eigenvalue weighted by Gasteiger charge is -2.37. The third kappa shape index (κ3) is 4.02. The molecule has 3 nitrogen and oxygen atoms in total. The molecule has 0 atom stereocenters. The quantitative estimate of drug-likeness (QED) is 0.853. The molecule has 1 aliphatic heterocycles. The lowest BCUT2D eigenvalue weighted by atomic mass is 10.2. The van der Waals surface area contributed by atoms with Gasteiger partial charge in [0, 0.05) is 30.0 Å². The van der Waals surface area contributed by atoms with Gasteiger partial charge in [0.2, 0.25) is 0 Å². The number of aliphatic hydroxyl groups is 1. The van der Waals surface area contributed by atoms with Crippen molar-refractivity contribution in [3.05, 3.63) is 21.9 Å². The van der Waals surface area contributed by atoms with Crippen molar-refractivity contribution in [1.29, 1.82) is 0 Å². The molecular formula is C15H19NO2S2. The van der Waals surface area contributed by atoms with E-state index < -0.39 is 0 Å². The molecule has 1 aromatic rings. The molecule has 1 N–H and O–H groups in total. The van der Waals surface area contributed by atoms with Crippen LogP contribution in [0.15, 0.2) is 12.1 Å². The summed E-state index contributed by atoms with van der Waals surface area (Å²) in [5.74, 6) is 6.96. The Balaban J connectivity index is 2.05. The SMILES string of the molecule is CC1(C)CN(C(=O)c2ccc(C#CCCO)s2)CCS1. The number of amides is 1. The predicted octanol–water partition coefficient (Wildman–Crippen LogP) is 2.45. The molecule has 0 unspecified atom stereocenters. The molecule has 108 valence electrons. The molecule has 1 aliphatic rings. The molecule has 1 fully saturated rings. The van der Waals surface area contributed by atoms with Gasteiger partial charge in [-0.3, -0.25) is 4.79 Å². The molecule has 0 bridgehead atoms. The van der Waals surface area contributed by atoms with Gasteiger partial charge in [0.25, 0.3) is 5.91 Å². The van der Waals surface area contributed by atoms with Crippen molar-refractivity contribution in [3.63, 3.8) is 0 Å². The normalized spacial score (nSPS) is 17.4. The number of aliphatic hydroxyl groups excluding tert-OH is 1. The number of nitrogens with zero attached hydrogens (tertiary/aromatic N) is 1. The second-order valence-electron chi connectivity index (χ2n) is 5.27. The van der Waals surface area contributed by atoms with E-state index in [1.807, 2.05) is 28.8 Å². The van der Waals surface area contributed by atoms with Crippen LogP contribution in [0.25, 0.3) is 0 Å². The Morgan fingerprint density at radius 2 is 2.30 bits per heavy atom. The first-order chi connectivity index (χ1) is 9.52. The summed E-state index contributed by atoms with van der Waals surface area (Å²) in [6.07, 6.45) is 0.471. The van der Waals surface area contributed by atoms with Crippen LogP contribution in [0.5, 0.6) is 0 Å². The molecule has 20 heavy (non-hydrogen) atoms. The van der Waals surface area contributed by atoms with E-state index in [-0.39, 0.29) is 17.3 Å². The van der Waals surface area contributed by atoms with Gasteiger partial charge >= 0.3 is 0 Å². The van der Waals surface area contributed by atoms with Gasteiger partial charge in [0.05, 0.1) is 16.4 Å². The molecule has 2 heterocycles. The van der Waals surface area contributed by atoms with Gasteiger partial charge in [-0.15, -0.1) is 11.3 Å². The number of thioether (sulfide) groups is 1. The zero-order valence-corrected chi connectivity index (χ0v) is 13.4. The molecule has 2 rings (SSSR count). The van der Waals surface area contributed by atoms with Gasteiger partial charge in [0.15, 0.2) is 0 Å². The Labute approximate surface area is 128 Å². The summed E-state index contributed by atoms with van der Waals surface area (Å²) in [6, 6.07) is 3.73. The first kappa shape index (κ1) is 15.4. The number of carbonyl (C=O) groups is 1. The third-order valence-corrected chi connectivity index (χ3v) is 5.26. The van der Waals surface area contributed by atoms with Gasteiger partial charge < -0.3 is 10.0 Å². The molecule has 0 spiro atoms. The number of hydrogen-bond donors (Lipinski definition) is 1. The smallest absolute Gasteiger partial charge is 0.264 e. The fourth-order valence-electron chi connectivity index (χ4n) is 2.07. The highest BCUT2D eigenvalue weighted by molar-refractivity contribution is 8.00. The molecule has 1 saturated heterocycles. The Morgan fingerprint density at radius 3 is 3.00 bits per heavy atom. The lowest BCUT2D eigenvalue weighted by Crippen LogP contribution is -2.45. The third-order valence-electron chi connectivity index (χ3n) is 2.98. The first-order valence-electron chi connectivity index (χ1n) is 6.65. The highest BCUT2D eigenvalue weighted by Crippen LogP contribution is 2.30. The number of rotatable bonds is 2. The second-order valence-corrected chi connectivity index (χ2v) is 8.16. The van der Waals surface area contributed by atoms with Crippen molar-refractivity contribution in [3.8, 4) is 11.8 Å². The zero-order valence-electron chi connectivity index (χ0n) is 11.8. The Bertz CT molecular complexity index is 540. The van der Waals surface area contributed by atoms with E-state index in [2.05, 4.69) is 25.7 Å². The largest absolute Gasteiger partial charge is 0.395 e. The average molecular weight is 309 g/mol. The lowest BCUT2D eigenvalue weighted by molar-refractivity contribution is 0.0753. The fourth-order valence-corrected chi connectivity index (χ4v) is 4.03. The highest BCUT2D eigenvalue weighted by Gasteiger charge is 2.30. The molecule has 1 aromatic heterocycles. The van der Waals surface area contributed by atoms with E-state index >= 15 is 0 Å². The minimum absolute atomic E-state index is 0.0741. The van der Waals surface area contributed by atoms with Gasteiger partial charge in [0.1, 0.15) is 0 Å². The summed E-state index contributed by atoms with van der Waals surface area (Å²) in [4.78, 5) is 16.0. The second kappa shape index (κ2) is 6.66. The highest BCUT2D eigenvalue weighted by atomic mass is 32.2. The zero-order chi connectivity index (χ0) is 14.6. The van der Waals surface area contributed by atoms with Crippen LogP contribution in [0, 0.1) is 11.8 Å². The first-order valence-corrected chi connectivity index (χ1v) is 8.45. The summed E-state index contributed by atoms with van der Waals surface area (Å²) in [6.45, 7) is 6.04. The molecule has 5 heteroatoms. The summed E-state index contributed by atoms with van der Waals surface area (Å²) in [7, 11) is 0. The van der Waals surface area contributed by atoms with Gasteiger partial charge in [-0.1, -0.05) is 11.8 Å². The van der Waals surface area contributed by atoms with Crippen LogP contribution in [0.2, 0.25) is 0 Å². The van der Waals surface area contributed by atoms with Crippen molar-refractivity contribution in [2.24, 2.45) is 0 Å². The number of thiophene rings is 1. The van der Waals surface area contributed by atoms with Gasteiger partial charge in [-0.2, -0.15) is 11.8 Å². The van der Waals surface area contributed by atoms with Gasteiger partial charge in [-0.25, -0.2) is 0 Å². The molecular weight excluding hydrogens is 290 g/mol. The van der Waals surface area contributed by atoms with Crippen LogP contribution in [0.1, 0.15) is 34.8 Å². The molecule has 0 radical (unpaired) electrons. The summed E-state index contributed by atoms with van der Waals surface area (Å²) >= 11 is 3.35. The Morgan fingerprint density at radius 1 is 1.50 bits per heavy atom. The minimum Gasteiger partial charge on any atom is -0.395 e. The van der Waals surface area contributed by atoms with Crippen LogP contribution in [0.4, 0.5) is 0 Å². The van der Waals surface area contributed by atoms with Crippen molar-refractivity contribution >= 4 is 29.0 Å². The van der Waals surface area contributed by atoms with E-state index in [1.165, 1.54) is 11.3 Å². The summed E-state index contributed by atoms with van der Waals surface area (Å²) in [5.41, 5.74) is 0. The molecule has 1 amide bonds. The summed E-state index contributed by atoms with van der Waals surface area (Å²) < 4.78 is 0.134. The van der Waals surface area contributed by atoms with E-state index in [1.54, 1.807) is 0 Å². The Kier molecular flexibility index (Phi) is 5.14. The van der Waals surface area contributed by atoms with Crippen molar-refractivity contribution in [2.75, 3.05) is 25.4 Å². The van der Waals surface area contributed by atoms with Crippen molar-refractivity contribution in [2.45, 2.75) is 25.0 Å². The Hall–Kier alpha value is -0.960. The maximum Gasteiger partial charge on any atom is 0.264 e. The maximum absolute atomic E-state index is 12.5. The standard InChI is InChI=1S/C15H19NO2S2/c1-15(2)11-16(8-10-19-15)14(18)13-7-6-12(20-13)5-3-4-9-17/h6-7,17H,4,8-11H2,1-2H3. The topological polar surface area (TPSA) is 40.5 Å². The van der Waals surface area contributed by atoms with Crippen molar-refractivity contribution in [1.82, 2.24) is 4.90 Å². The van der Waals surface area contributed by atoms with Crippen molar-refractivity contribution < 1.29 is 9.90 Å². The van der Waals surface area contributed by atoms with Crippen LogP contribution >= 0.6 is 23.1 Å². The van der Waals surface area contributed by atoms with E-state index in [4.69, 9.17) is 5.11 Å². The number of carbonyl (C=O) groups excluding carboxylic acids is 1. The monoisotopic (exact) mass is 309 g/mol. The van der Waals surface area contributed by atoms with Crippen LogP contribution in [-0.2, 0) is 0 Å². The van der Waals surface area contributed by atoms with Gasteiger partial charge in [-0.05, 0) is 26.0 Å². The van der Waals surface area contributed by atoms with E-state index in [0.717, 1.165) is 28.6 Å². The van der Waals surface area contributed by atoms with Crippen LogP contribution in [0.3, 0.4) is 0 Å². The van der Waals surface area contributed by atoms with E-state index in [9.17, 15) is 4.79 Å². The maximum atomic E-state index is 12.5. The minimum atomic E-state index is 0.0741.